The second kappa shape index (κ2) is 7.05. The van der Waals surface area contributed by atoms with Crippen molar-refractivity contribution in [2.24, 2.45) is 0 Å². The van der Waals surface area contributed by atoms with E-state index in [1.807, 2.05) is 6.92 Å². The zero-order valence-corrected chi connectivity index (χ0v) is 15.0. The monoisotopic (exact) mass is 381 g/mol. The van der Waals surface area contributed by atoms with E-state index in [4.69, 9.17) is 27.6 Å². The van der Waals surface area contributed by atoms with Gasteiger partial charge in [-0.1, -0.05) is 36.2 Å². The number of thioether (sulfide) groups is 1. The minimum Gasteiger partial charge on any atom is -0.457 e. The number of furan rings is 1. The molecule has 1 aliphatic rings. The van der Waals surface area contributed by atoms with Crippen molar-refractivity contribution in [3.63, 3.8) is 0 Å². The SMILES string of the molecule is CCCN1C(=O)S/C(=C\c2ccc(-c3cccc(Cl)c3Cl)o2)C1=O. The van der Waals surface area contributed by atoms with Gasteiger partial charge in [0, 0.05) is 18.2 Å². The largest absolute Gasteiger partial charge is 0.457 e. The molecule has 124 valence electrons. The molecule has 2 heterocycles. The van der Waals surface area contributed by atoms with Gasteiger partial charge in [-0.2, -0.15) is 0 Å². The number of nitrogens with zero attached hydrogens (tertiary/aromatic N) is 1. The Morgan fingerprint density at radius 3 is 2.75 bits per heavy atom. The first kappa shape index (κ1) is 17.1. The Balaban J connectivity index is 1.88. The number of hydrogen-bond acceptors (Lipinski definition) is 4. The van der Waals surface area contributed by atoms with Crippen LogP contribution in [-0.2, 0) is 4.79 Å². The zero-order chi connectivity index (χ0) is 17.3. The van der Waals surface area contributed by atoms with Crippen molar-refractivity contribution in [1.82, 2.24) is 4.90 Å². The van der Waals surface area contributed by atoms with Crippen molar-refractivity contribution in [3.05, 3.63) is 51.0 Å². The molecule has 4 nitrogen and oxygen atoms in total. The van der Waals surface area contributed by atoms with E-state index < -0.39 is 0 Å². The highest BCUT2D eigenvalue weighted by Crippen LogP contribution is 2.36. The fraction of sp³-hybridized carbons (Fsp3) is 0.176. The summed E-state index contributed by atoms with van der Waals surface area (Å²) >= 11 is 13.1. The third-order valence-corrected chi connectivity index (χ3v) is 5.16. The quantitative estimate of drug-likeness (QED) is 0.637. The van der Waals surface area contributed by atoms with E-state index in [9.17, 15) is 9.59 Å². The molecule has 0 N–H and O–H groups in total. The lowest BCUT2D eigenvalue weighted by molar-refractivity contribution is -0.122. The van der Waals surface area contributed by atoms with Crippen LogP contribution in [0.25, 0.3) is 17.4 Å². The Morgan fingerprint density at radius 1 is 1.21 bits per heavy atom. The molecule has 0 unspecified atom stereocenters. The first-order chi connectivity index (χ1) is 11.5. The van der Waals surface area contributed by atoms with Crippen LogP contribution in [0.4, 0.5) is 4.79 Å². The van der Waals surface area contributed by atoms with E-state index >= 15 is 0 Å². The number of rotatable bonds is 4. The first-order valence-electron chi connectivity index (χ1n) is 7.31. The minimum absolute atomic E-state index is 0.252. The molecule has 0 bridgehead atoms. The van der Waals surface area contributed by atoms with Crippen LogP contribution in [0.1, 0.15) is 19.1 Å². The maximum absolute atomic E-state index is 12.2. The third kappa shape index (κ3) is 3.24. The fourth-order valence-corrected chi connectivity index (χ4v) is 3.55. The topological polar surface area (TPSA) is 50.5 Å². The number of carbonyl (C=O) groups is 2. The Hall–Kier alpha value is -1.69. The predicted molar refractivity (Wildman–Crippen MR) is 97.1 cm³/mol. The molecule has 1 aliphatic heterocycles. The molecule has 0 aliphatic carbocycles. The molecule has 24 heavy (non-hydrogen) atoms. The number of halogens is 2. The summed E-state index contributed by atoms with van der Waals surface area (Å²) in [5.41, 5.74) is 0.669. The summed E-state index contributed by atoms with van der Waals surface area (Å²) in [4.78, 5) is 25.7. The summed E-state index contributed by atoms with van der Waals surface area (Å²) in [6, 6.07) is 8.74. The predicted octanol–water partition coefficient (Wildman–Crippen LogP) is 5.70. The Morgan fingerprint density at radius 2 is 2.00 bits per heavy atom. The van der Waals surface area contributed by atoms with E-state index in [-0.39, 0.29) is 11.1 Å². The number of benzene rings is 1. The zero-order valence-electron chi connectivity index (χ0n) is 12.7. The fourth-order valence-electron chi connectivity index (χ4n) is 2.31. The second-order valence-electron chi connectivity index (χ2n) is 5.14. The molecule has 2 aromatic rings. The summed E-state index contributed by atoms with van der Waals surface area (Å²) in [7, 11) is 0. The molecular formula is C17H13Cl2NO3S. The van der Waals surface area contributed by atoms with Crippen LogP contribution in [-0.4, -0.2) is 22.6 Å². The van der Waals surface area contributed by atoms with Crippen molar-refractivity contribution in [2.45, 2.75) is 13.3 Å². The van der Waals surface area contributed by atoms with Gasteiger partial charge in [-0.3, -0.25) is 14.5 Å². The molecule has 0 radical (unpaired) electrons. The van der Waals surface area contributed by atoms with Gasteiger partial charge in [0.25, 0.3) is 11.1 Å². The molecule has 3 rings (SSSR count). The van der Waals surface area contributed by atoms with Crippen molar-refractivity contribution in [2.75, 3.05) is 6.54 Å². The number of amides is 2. The average molecular weight is 382 g/mol. The Bertz CT molecular complexity index is 844. The average Bonchev–Trinajstić information content (AvgIpc) is 3.11. The normalized spacial score (nSPS) is 16.5. The van der Waals surface area contributed by atoms with Gasteiger partial charge in [0.1, 0.15) is 11.5 Å². The molecule has 0 saturated carbocycles. The van der Waals surface area contributed by atoms with Gasteiger partial charge >= 0.3 is 0 Å². The van der Waals surface area contributed by atoms with Gasteiger partial charge in [-0.05, 0) is 42.4 Å². The first-order valence-corrected chi connectivity index (χ1v) is 8.88. The van der Waals surface area contributed by atoms with E-state index in [0.29, 0.717) is 38.6 Å². The van der Waals surface area contributed by atoms with E-state index in [1.54, 1.807) is 36.4 Å². The van der Waals surface area contributed by atoms with E-state index in [1.165, 1.54) is 4.90 Å². The maximum atomic E-state index is 12.2. The van der Waals surface area contributed by atoms with Crippen LogP contribution in [0.5, 0.6) is 0 Å². The highest BCUT2D eigenvalue weighted by Gasteiger charge is 2.34. The Labute approximate surface area is 153 Å². The maximum Gasteiger partial charge on any atom is 0.293 e. The number of hydrogen-bond donors (Lipinski definition) is 0. The van der Waals surface area contributed by atoms with Crippen molar-refractivity contribution >= 4 is 52.2 Å². The van der Waals surface area contributed by atoms with Gasteiger partial charge in [-0.25, -0.2) is 0 Å². The highest BCUT2D eigenvalue weighted by atomic mass is 35.5. The summed E-state index contributed by atoms with van der Waals surface area (Å²) in [5, 5.41) is 0.592. The van der Waals surface area contributed by atoms with Crippen LogP contribution in [0, 0.1) is 0 Å². The van der Waals surface area contributed by atoms with Gasteiger partial charge < -0.3 is 4.42 Å². The molecule has 1 saturated heterocycles. The molecule has 1 fully saturated rings. The van der Waals surface area contributed by atoms with Crippen LogP contribution in [0.3, 0.4) is 0 Å². The Kier molecular flexibility index (Phi) is 5.04. The van der Waals surface area contributed by atoms with Gasteiger partial charge in [-0.15, -0.1) is 0 Å². The standard InChI is InChI=1S/C17H13Cl2NO3S/c1-2-8-20-16(21)14(24-17(20)22)9-10-6-7-13(23-10)11-4-3-5-12(18)15(11)19/h3-7,9H,2,8H2,1H3/b14-9-. The summed E-state index contributed by atoms with van der Waals surface area (Å²) in [6.07, 6.45) is 2.30. The van der Waals surface area contributed by atoms with E-state index in [0.717, 1.165) is 18.2 Å². The number of imide groups is 1. The summed E-state index contributed by atoms with van der Waals surface area (Å²) in [5.74, 6) is 0.732. The van der Waals surface area contributed by atoms with Gasteiger partial charge in [0.2, 0.25) is 0 Å². The molecule has 0 atom stereocenters. The molecule has 7 heteroatoms. The molecule has 2 amide bonds. The summed E-state index contributed by atoms with van der Waals surface area (Å²) in [6.45, 7) is 2.34. The van der Waals surface area contributed by atoms with Gasteiger partial charge in [0.15, 0.2) is 0 Å². The van der Waals surface area contributed by atoms with Crippen molar-refractivity contribution in [1.29, 1.82) is 0 Å². The van der Waals surface area contributed by atoms with Crippen molar-refractivity contribution in [3.8, 4) is 11.3 Å². The lowest BCUT2D eigenvalue weighted by Crippen LogP contribution is -2.28. The molecule has 0 spiro atoms. The molecular weight excluding hydrogens is 369 g/mol. The van der Waals surface area contributed by atoms with Gasteiger partial charge in [0.05, 0.1) is 15.0 Å². The second-order valence-corrected chi connectivity index (χ2v) is 6.92. The van der Waals surface area contributed by atoms with E-state index in [2.05, 4.69) is 0 Å². The van der Waals surface area contributed by atoms with Crippen LogP contribution in [0.2, 0.25) is 10.0 Å². The molecule has 1 aromatic carbocycles. The van der Waals surface area contributed by atoms with Crippen LogP contribution >= 0.6 is 35.0 Å². The number of carbonyl (C=O) groups excluding carboxylic acids is 2. The highest BCUT2D eigenvalue weighted by molar-refractivity contribution is 8.18. The minimum atomic E-state index is -0.286. The van der Waals surface area contributed by atoms with Crippen LogP contribution in [0.15, 0.2) is 39.7 Å². The molecule has 1 aromatic heterocycles. The van der Waals surface area contributed by atoms with Crippen molar-refractivity contribution < 1.29 is 14.0 Å². The third-order valence-electron chi connectivity index (χ3n) is 3.44. The summed E-state index contributed by atoms with van der Waals surface area (Å²) < 4.78 is 5.73. The smallest absolute Gasteiger partial charge is 0.293 e. The van der Waals surface area contributed by atoms with Crippen LogP contribution < -0.4 is 0 Å². The lowest BCUT2D eigenvalue weighted by atomic mass is 10.2. The lowest BCUT2D eigenvalue weighted by Gasteiger charge is -2.09.